The molecule has 0 aromatic rings. The van der Waals surface area contributed by atoms with Crippen molar-refractivity contribution in [2.24, 2.45) is 22.7 Å². The van der Waals surface area contributed by atoms with E-state index < -0.39 is 28.1 Å². The molecule has 1 heterocycles. The molecule has 0 unspecified atom stereocenters. The van der Waals surface area contributed by atoms with E-state index in [1.54, 1.807) is 6.08 Å². The minimum atomic E-state index is -0.709. The van der Waals surface area contributed by atoms with Crippen molar-refractivity contribution in [1.29, 1.82) is 0 Å². The summed E-state index contributed by atoms with van der Waals surface area (Å²) in [5, 5.41) is 20.9. The average molecular weight is 366 g/mol. The van der Waals surface area contributed by atoms with Crippen LogP contribution in [-0.4, -0.2) is 47.2 Å². The van der Waals surface area contributed by atoms with E-state index in [1.165, 1.54) is 7.11 Å². The first-order chi connectivity index (χ1) is 12.1. The highest BCUT2D eigenvalue weighted by Gasteiger charge is 2.67. The summed E-state index contributed by atoms with van der Waals surface area (Å²) in [5.41, 5.74) is -2.15. The lowest BCUT2D eigenvalue weighted by Crippen LogP contribution is -2.68. The Morgan fingerprint density at radius 2 is 1.85 bits per heavy atom. The molecule has 3 rings (SSSR count). The molecule has 5 heteroatoms. The Balaban J connectivity index is 2.01. The molecule has 0 aromatic heterocycles. The second kappa shape index (κ2) is 6.32. The van der Waals surface area contributed by atoms with Gasteiger partial charge in [-0.1, -0.05) is 13.0 Å². The number of hydrogen-bond donors (Lipinski definition) is 2. The summed E-state index contributed by atoms with van der Waals surface area (Å²) in [5.74, 6) is 0.00245. The topological polar surface area (TPSA) is 76.0 Å². The summed E-state index contributed by atoms with van der Waals surface area (Å²) in [7, 11) is 1.45. The Kier molecular flexibility index (Phi) is 4.82. The number of fused-ring (bicyclic) bond motifs is 3. The number of aliphatic hydroxyl groups is 2. The molecule has 1 aliphatic heterocycles. The maximum absolute atomic E-state index is 12.6. The second-order valence-electron chi connectivity index (χ2n) is 9.35. The molecule has 26 heavy (non-hydrogen) atoms. The van der Waals surface area contributed by atoms with Crippen molar-refractivity contribution in [1.82, 2.24) is 0 Å². The summed E-state index contributed by atoms with van der Waals surface area (Å²) in [6.45, 7) is 10.0. The normalized spacial score (nSPS) is 51.1. The molecular formula is C21H34O5. The molecule has 2 saturated carbocycles. The zero-order chi connectivity index (χ0) is 19.4. The molecule has 3 aliphatic rings. The van der Waals surface area contributed by atoms with Crippen LogP contribution in [0.5, 0.6) is 0 Å². The van der Waals surface area contributed by atoms with Crippen LogP contribution < -0.4 is 0 Å². The van der Waals surface area contributed by atoms with Gasteiger partial charge in [0.25, 0.3) is 0 Å². The van der Waals surface area contributed by atoms with Gasteiger partial charge in [0.15, 0.2) is 0 Å². The monoisotopic (exact) mass is 366 g/mol. The van der Waals surface area contributed by atoms with E-state index >= 15 is 0 Å². The molecule has 3 fully saturated rings. The fraction of sp³-hybridized carbons (Fsp3) is 0.857. The van der Waals surface area contributed by atoms with Crippen LogP contribution in [0.4, 0.5) is 0 Å². The maximum atomic E-state index is 12.6. The van der Waals surface area contributed by atoms with Crippen molar-refractivity contribution in [2.75, 3.05) is 13.7 Å². The first-order valence-electron chi connectivity index (χ1n) is 9.83. The number of rotatable bonds is 3. The lowest BCUT2D eigenvalue weighted by Gasteiger charge is -2.66. The summed E-state index contributed by atoms with van der Waals surface area (Å²) in [4.78, 5) is 12.6. The quantitative estimate of drug-likeness (QED) is 0.593. The van der Waals surface area contributed by atoms with Crippen LogP contribution in [-0.2, 0) is 14.3 Å². The van der Waals surface area contributed by atoms with Gasteiger partial charge in [0, 0.05) is 5.41 Å². The van der Waals surface area contributed by atoms with E-state index in [2.05, 4.69) is 20.4 Å². The Morgan fingerprint density at radius 1 is 1.19 bits per heavy atom. The summed E-state index contributed by atoms with van der Waals surface area (Å²) in [6.07, 6.45) is 5.61. The van der Waals surface area contributed by atoms with E-state index in [4.69, 9.17) is 9.47 Å². The zero-order valence-corrected chi connectivity index (χ0v) is 16.6. The van der Waals surface area contributed by atoms with Crippen LogP contribution in [0, 0.1) is 22.7 Å². The smallest absolute Gasteiger partial charge is 0.311 e. The predicted octanol–water partition coefficient (Wildman–Crippen LogP) is 2.84. The minimum Gasteiger partial charge on any atom is -0.469 e. The van der Waals surface area contributed by atoms with Crippen LogP contribution in [0.15, 0.2) is 12.7 Å². The van der Waals surface area contributed by atoms with Crippen LogP contribution in [0.25, 0.3) is 0 Å². The van der Waals surface area contributed by atoms with Crippen molar-refractivity contribution in [3.63, 3.8) is 0 Å². The average Bonchev–Trinajstić information content (AvgIpc) is 2.63. The van der Waals surface area contributed by atoms with Gasteiger partial charge in [-0.3, -0.25) is 4.79 Å². The Hall–Kier alpha value is -0.910. The lowest BCUT2D eigenvalue weighted by atomic mass is 9.43. The molecule has 148 valence electrons. The Bertz CT molecular complexity index is 591. The van der Waals surface area contributed by atoms with E-state index in [0.29, 0.717) is 19.3 Å². The Morgan fingerprint density at radius 3 is 2.42 bits per heavy atom. The number of carbonyl (C=O) groups excluding carboxylic acids is 1. The van der Waals surface area contributed by atoms with Crippen molar-refractivity contribution >= 4 is 5.97 Å². The third-order valence-electron chi connectivity index (χ3n) is 8.18. The van der Waals surface area contributed by atoms with Gasteiger partial charge in [0.2, 0.25) is 0 Å². The van der Waals surface area contributed by atoms with Crippen molar-refractivity contribution in [2.45, 2.75) is 76.6 Å². The number of hydrogen-bond acceptors (Lipinski definition) is 5. The molecule has 0 amide bonds. The fourth-order valence-corrected chi connectivity index (χ4v) is 6.65. The number of methoxy groups -OCH3 is 1. The molecule has 1 saturated heterocycles. The van der Waals surface area contributed by atoms with Crippen LogP contribution >= 0.6 is 0 Å². The molecule has 7 atom stereocenters. The molecule has 0 aromatic carbocycles. The molecule has 5 nitrogen and oxygen atoms in total. The number of ether oxygens (including phenoxy) is 2. The highest BCUT2D eigenvalue weighted by molar-refractivity contribution is 5.77. The van der Waals surface area contributed by atoms with Gasteiger partial charge in [-0.25, -0.2) is 0 Å². The van der Waals surface area contributed by atoms with Crippen LogP contribution in [0.3, 0.4) is 0 Å². The molecule has 2 N–H and O–H groups in total. The number of esters is 1. The third kappa shape index (κ3) is 2.50. The number of aliphatic hydroxyl groups excluding tert-OH is 2. The summed E-state index contributed by atoms with van der Waals surface area (Å²) >= 11 is 0. The lowest BCUT2D eigenvalue weighted by molar-refractivity contribution is -0.282. The van der Waals surface area contributed by atoms with Crippen molar-refractivity contribution in [3.8, 4) is 0 Å². The first-order valence-corrected chi connectivity index (χ1v) is 9.83. The van der Waals surface area contributed by atoms with E-state index in [-0.39, 0.29) is 24.4 Å². The first kappa shape index (κ1) is 19.8. The molecule has 0 radical (unpaired) electrons. The SMILES string of the molecule is C=C[C@@]1(CO)CC[C@@H]2[C@@]3(C)[C@@H](CC[C@]2(C)O1)[C@@](C)(C(=O)OC)CC[C@@H]3O. The van der Waals surface area contributed by atoms with Crippen LogP contribution in [0.1, 0.15) is 59.3 Å². The zero-order valence-electron chi connectivity index (χ0n) is 16.6. The van der Waals surface area contributed by atoms with Gasteiger partial charge in [-0.15, -0.1) is 6.58 Å². The largest absolute Gasteiger partial charge is 0.469 e. The molecule has 0 bridgehead atoms. The van der Waals surface area contributed by atoms with Crippen molar-refractivity contribution < 1.29 is 24.5 Å². The van der Waals surface area contributed by atoms with Gasteiger partial charge in [0.05, 0.1) is 30.8 Å². The molecule has 0 spiro atoms. The number of carbonyl (C=O) groups is 1. The second-order valence-corrected chi connectivity index (χ2v) is 9.35. The Labute approximate surface area is 156 Å². The van der Waals surface area contributed by atoms with Crippen LogP contribution in [0.2, 0.25) is 0 Å². The summed E-state index contributed by atoms with van der Waals surface area (Å²) < 4.78 is 11.6. The van der Waals surface area contributed by atoms with Crippen molar-refractivity contribution in [3.05, 3.63) is 12.7 Å². The highest BCUT2D eigenvalue weighted by Crippen LogP contribution is 2.65. The highest BCUT2D eigenvalue weighted by atomic mass is 16.5. The summed E-state index contributed by atoms with van der Waals surface area (Å²) in [6, 6.07) is 0. The van der Waals surface area contributed by atoms with E-state index in [0.717, 1.165) is 19.3 Å². The maximum Gasteiger partial charge on any atom is 0.311 e. The standard InChI is InChI=1S/C21H34O5/c1-6-21(13-22)12-8-15-19(3,26-21)11-7-14-18(2,17(24)25-5)10-9-16(23)20(14,15)4/h6,14-16,22-23H,1,7-13H2,2-5H3/t14-,15-,16-,18-,19-,20+,21-/m0/s1. The molecular weight excluding hydrogens is 332 g/mol. The predicted molar refractivity (Wildman–Crippen MR) is 98.4 cm³/mol. The van der Waals surface area contributed by atoms with Gasteiger partial charge in [-0.2, -0.15) is 0 Å². The van der Waals surface area contributed by atoms with Gasteiger partial charge in [0.1, 0.15) is 5.60 Å². The van der Waals surface area contributed by atoms with E-state index in [1.807, 2.05) is 6.92 Å². The minimum absolute atomic E-state index is 0.0539. The molecule has 2 aliphatic carbocycles. The third-order valence-corrected chi connectivity index (χ3v) is 8.18. The fourth-order valence-electron chi connectivity index (χ4n) is 6.65. The van der Waals surface area contributed by atoms with Gasteiger partial charge >= 0.3 is 5.97 Å². The van der Waals surface area contributed by atoms with E-state index in [9.17, 15) is 15.0 Å². The van der Waals surface area contributed by atoms with Gasteiger partial charge in [-0.05, 0) is 64.2 Å². The van der Waals surface area contributed by atoms with Gasteiger partial charge < -0.3 is 19.7 Å².